The summed E-state index contributed by atoms with van der Waals surface area (Å²) in [5.74, 6) is 0.425. The second-order valence-electron chi connectivity index (χ2n) is 5.18. The van der Waals surface area contributed by atoms with Crippen LogP contribution < -0.4 is 10.6 Å². The minimum Gasteiger partial charge on any atom is -0.370 e. The highest BCUT2D eigenvalue weighted by atomic mass is 16.1. The van der Waals surface area contributed by atoms with Gasteiger partial charge in [-0.2, -0.15) is 5.26 Å². The van der Waals surface area contributed by atoms with E-state index in [4.69, 9.17) is 5.26 Å². The first-order valence-electron chi connectivity index (χ1n) is 7.75. The van der Waals surface area contributed by atoms with Gasteiger partial charge in [-0.25, -0.2) is 4.98 Å². The van der Waals surface area contributed by atoms with Crippen molar-refractivity contribution in [3.05, 3.63) is 53.7 Å². The predicted octanol–water partition coefficient (Wildman–Crippen LogP) is 3.81. The van der Waals surface area contributed by atoms with Crippen LogP contribution in [0.15, 0.2) is 42.6 Å². The van der Waals surface area contributed by atoms with Crippen LogP contribution in [-0.2, 0) is 0 Å². The molecule has 0 aliphatic rings. The smallest absolute Gasteiger partial charge is 0.255 e. The highest BCUT2D eigenvalue weighted by Gasteiger charge is 2.09. The molecule has 0 unspecified atom stereocenters. The molecule has 0 saturated carbocycles. The second kappa shape index (κ2) is 8.54. The summed E-state index contributed by atoms with van der Waals surface area (Å²) < 4.78 is 0. The van der Waals surface area contributed by atoms with E-state index in [0.717, 1.165) is 25.8 Å². The van der Waals surface area contributed by atoms with Crippen LogP contribution in [0.3, 0.4) is 0 Å². The van der Waals surface area contributed by atoms with Crippen molar-refractivity contribution in [1.82, 2.24) is 4.98 Å². The van der Waals surface area contributed by atoms with Gasteiger partial charge in [0.1, 0.15) is 11.9 Å². The van der Waals surface area contributed by atoms with Gasteiger partial charge in [-0.1, -0.05) is 31.9 Å². The summed E-state index contributed by atoms with van der Waals surface area (Å²) in [6, 6.07) is 12.4. The number of carbonyl (C=O) groups is 1. The number of para-hydroxylation sites is 1. The zero-order valence-corrected chi connectivity index (χ0v) is 13.2. The quantitative estimate of drug-likeness (QED) is 0.762. The van der Waals surface area contributed by atoms with Crippen molar-refractivity contribution in [1.29, 1.82) is 5.26 Å². The summed E-state index contributed by atoms with van der Waals surface area (Å²) in [6.07, 6.45) is 5.01. The lowest BCUT2D eigenvalue weighted by molar-refractivity contribution is 0.102. The maximum atomic E-state index is 12.3. The van der Waals surface area contributed by atoms with E-state index in [9.17, 15) is 4.79 Å². The topological polar surface area (TPSA) is 77.8 Å². The summed E-state index contributed by atoms with van der Waals surface area (Å²) >= 11 is 0. The number of amides is 1. The van der Waals surface area contributed by atoms with Crippen LogP contribution in [0.5, 0.6) is 0 Å². The molecule has 0 saturated heterocycles. The largest absolute Gasteiger partial charge is 0.370 e. The third-order valence-corrected chi connectivity index (χ3v) is 3.40. The molecule has 0 radical (unpaired) electrons. The van der Waals surface area contributed by atoms with Crippen LogP contribution in [0.1, 0.15) is 42.1 Å². The Kier molecular flexibility index (Phi) is 6.13. The zero-order valence-electron chi connectivity index (χ0n) is 13.2. The number of rotatable bonds is 7. The first-order valence-corrected chi connectivity index (χ1v) is 7.75. The van der Waals surface area contributed by atoms with Gasteiger partial charge < -0.3 is 10.6 Å². The molecule has 2 aromatic rings. The van der Waals surface area contributed by atoms with Crippen LogP contribution in [0.4, 0.5) is 11.5 Å². The Morgan fingerprint density at radius 2 is 2.09 bits per heavy atom. The van der Waals surface area contributed by atoms with Crippen LogP contribution in [0.25, 0.3) is 0 Å². The Morgan fingerprint density at radius 1 is 1.26 bits per heavy atom. The molecular formula is C18H20N4O. The van der Waals surface area contributed by atoms with Gasteiger partial charge in [-0.3, -0.25) is 4.79 Å². The first kappa shape index (κ1) is 16.5. The average Bonchev–Trinajstić information content (AvgIpc) is 2.59. The van der Waals surface area contributed by atoms with Crippen molar-refractivity contribution in [3.8, 4) is 6.07 Å². The minimum atomic E-state index is -0.258. The Bertz CT molecular complexity index is 706. The first-order chi connectivity index (χ1) is 11.2. The Hall–Kier alpha value is -2.87. The van der Waals surface area contributed by atoms with Gasteiger partial charge in [-0.15, -0.1) is 0 Å². The zero-order chi connectivity index (χ0) is 16.5. The Labute approximate surface area is 136 Å². The molecular weight excluding hydrogens is 288 g/mol. The van der Waals surface area contributed by atoms with Gasteiger partial charge in [0, 0.05) is 18.3 Å². The van der Waals surface area contributed by atoms with Gasteiger partial charge in [0.2, 0.25) is 0 Å². The molecule has 0 aliphatic heterocycles. The Morgan fingerprint density at radius 3 is 2.87 bits per heavy atom. The van der Waals surface area contributed by atoms with E-state index in [1.165, 1.54) is 0 Å². The van der Waals surface area contributed by atoms with Gasteiger partial charge in [0.15, 0.2) is 0 Å². The lowest BCUT2D eigenvalue weighted by Gasteiger charge is -2.09. The van der Waals surface area contributed by atoms with E-state index in [1.54, 1.807) is 42.6 Å². The number of pyridine rings is 1. The predicted molar refractivity (Wildman–Crippen MR) is 91.4 cm³/mol. The van der Waals surface area contributed by atoms with Gasteiger partial charge in [0.05, 0.1) is 11.3 Å². The maximum absolute atomic E-state index is 12.3. The Balaban J connectivity index is 2.03. The minimum absolute atomic E-state index is 0.258. The van der Waals surface area contributed by atoms with E-state index in [-0.39, 0.29) is 5.91 Å². The molecule has 0 bridgehead atoms. The van der Waals surface area contributed by atoms with Crippen molar-refractivity contribution in [2.45, 2.75) is 26.2 Å². The molecule has 0 spiro atoms. The lowest BCUT2D eigenvalue weighted by atomic mass is 10.1. The molecule has 23 heavy (non-hydrogen) atoms. The number of hydrogen-bond donors (Lipinski definition) is 2. The van der Waals surface area contributed by atoms with Crippen molar-refractivity contribution >= 4 is 17.4 Å². The average molecular weight is 308 g/mol. The number of nitriles is 1. The number of carbonyl (C=O) groups excluding carboxylic acids is 1. The molecule has 0 fully saturated rings. The normalized spacial score (nSPS) is 9.91. The fraction of sp³-hybridized carbons (Fsp3) is 0.278. The third-order valence-electron chi connectivity index (χ3n) is 3.40. The van der Waals surface area contributed by atoms with E-state index in [2.05, 4.69) is 28.6 Å². The van der Waals surface area contributed by atoms with Gasteiger partial charge >= 0.3 is 0 Å². The SMILES string of the molecule is CCCCCNc1cc(C(=O)Nc2ccccc2C#N)ccn1. The molecule has 0 atom stereocenters. The number of aromatic nitrogens is 1. The van der Waals surface area contributed by atoms with E-state index in [0.29, 0.717) is 22.6 Å². The van der Waals surface area contributed by atoms with Gasteiger partial charge in [0.25, 0.3) is 5.91 Å². The molecule has 5 heteroatoms. The summed E-state index contributed by atoms with van der Waals surface area (Å²) in [4.78, 5) is 16.6. The number of nitrogens with one attached hydrogen (secondary N) is 2. The van der Waals surface area contributed by atoms with E-state index < -0.39 is 0 Å². The van der Waals surface area contributed by atoms with Crippen LogP contribution >= 0.6 is 0 Å². The molecule has 2 N–H and O–H groups in total. The van der Waals surface area contributed by atoms with Crippen molar-refractivity contribution in [2.24, 2.45) is 0 Å². The van der Waals surface area contributed by atoms with Crippen molar-refractivity contribution in [2.75, 3.05) is 17.2 Å². The summed E-state index contributed by atoms with van der Waals surface area (Å²) in [7, 11) is 0. The molecule has 1 aromatic heterocycles. The molecule has 1 aromatic carbocycles. The molecule has 5 nitrogen and oxygen atoms in total. The summed E-state index contributed by atoms with van der Waals surface area (Å²) in [5.41, 5.74) is 1.45. The second-order valence-corrected chi connectivity index (χ2v) is 5.18. The molecule has 1 amide bonds. The van der Waals surface area contributed by atoms with E-state index >= 15 is 0 Å². The monoisotopic (exact) mass is 308 g/mol. The molecule has 2 rings (SSSR count). The maximum Gasteiger partial charge on any atom is 0.255 e. The highest BCUT2D eigenvalue weighted by Crippen LogP contribution is 2.16. The van der Waals surface area contributed by atoms with E-state index in [1.807, 2.05) is 0 Å². The molecule has 118 valence electrons. The molecule has 0 aliphatic carbocycles. The third kappa shape index (κ3) is 4.82. The number of hydrogen-bond acceptors (Lipinski definition) is 4. The van der Waals surface area contributed by atoms with Crippen molar-refractivity contribution in [3.63, 3.8) is 0 Å². The highest BCUT2D eigenvalue weighted by molar-refractivity contribution is 6.05. The fourth-order valence-corrected chi connectivity index (χ4v) is 2.14. The van der Waals surface area contributed by atoms with Crippen LogP contribution in [0, 0.1) is 11.3 Å². The number of nitrogens with zero attached hydrogens (tertiary/aromatic N) is 2. The van der Waals surface area contributed by atoms with Crippen LogP contribution in [-0.4, -0.2) is 17.4 Å². The molecule has 1 heterocycles. The summed E-state index contributed by atoms with van der Waals surface area (Å²) in [5, 5.41) is 15.0. The number of benzene rings is 1. The number of unbranched alkanes of at least 4 members (excludes halogenated alkanes) is 2. The van der Waals surface area contributed by atoms with Crippen molar-refractivity contribution < 1.29 is 4.79 Å². The lowest BCUT2D eigenvalue weighted by Crippen LogP contribution is -2.13. The standard InChI is InChI=1S/C18H20N4O/c1-2-3-6-10-20-17-12-14(9-11-21-17)18(23)22-16-8-5-4-7-15(16)13-19/h4-5,7-9,11-12H,2-3,6,10H2,1H3,(H,20,21)(H,22,23). The van der Waals surface area contributed by atoms with Gasteiger partial charge in [-0.05, 0) is 30.7 Å². The summed E-state index contributed by atoms with van der Waals surface area (Å²) in [6.45, 7) is 2.99. The fourth-order valence-electron chi connectivity index (χ4n) is 2.14. The van der Waals surface area contributed by atoms with Crippen LogP contribution in [0.2, 0.25) is 0 Å². The number of anilines is 2.